The number of hydrogen-bond acceptors (Lipinski definition) is 3. The highest BCUT2D eigenvalue weighted by molar-refractivity contribution is 5.39. The van der Waals surface area contributed by atoms with Crippen molar-refractivity contribution in [3.63, 3.8) is 0 Å². The van der Waals surface area contributed by atoms with Gasteiger partial charge in [0.25, 0.3) is 0 Å². The molecule has 2 N–H and O–H groups in total. The zero-order chi connectivity index (χ0) is 12.0. The minimum atomic E-state index is 0.157. The summed E-state index contributed by atoms with van der Waals surface area (Å²) in [4.78, 5) is 0. The number of nitrogens with one attached hydrogen (secondary N) is 1. The zero-order valence-electron chi connectivity index (χ0n) is 10.3. The van der Waals surface area contributed by atoms with E-state index in [0.717, 1.165) is 17.9 Å². The van der Waals surface area contributed by atoms with E-state index in [1.54, 1.807) is 7.11 Å². The van der Waals surface area contributed by atoms with Crippen molar-refractivity contribution in [1.29, 1.82) is 0 Å². The summed E-state index contributed by atoms with van der Waals surface area (Å²) in [6.07, 6.45) is 0.702. The Kier molecular flexibility index (Phi) is 5.29. The van der Waals surface area contributed by atoms with E-state index in [-0.39, 0.29) is 12.6 Å². The highest BCUT2D eigenvalue weighted by Gasteiger charge is 2.14. The van der Waals surface area contributed by atoms with Crippen LogP contribution < -0.4 is 10.1 Å². The van der Waals surface area contributed by atoms with Crippen LogP contribution in [0.1, 0.15) is 30.5 Å². The number of methoxy groups -OCH3 is 1. The van der Waals surface area contributed by atoms with Crippen molar-refractivity contribution in [3.8, 4) is 5.75 Å². The van der Waals surface area contributed by atoms with E-state index in [1.807, 2.05) is 12.1 Å². The fraction of sp³-hybridized carbons (Fsp3) is 0.538. The van der Waals surface area contributed by atoms with Crippen LogP contribution >= 0.6 is 0 Å². The number of aliphatic hydroxyl groups excluding tert-OH is 1. The van der Waals surface area contributed by atoms with E-state index < -0.39 is 0 Å². The van der Waals surface area contributed by atoms with Crippen LogP contribution in [0.15, 0.2) is 18.2 Å². The lowest BCUT2D eigenvalue weighted by Crippen LogP contribution is -2.22. The second-order valence-electron chi connectivity index (χ2n) is 3.87. The van der Waals surface area contributed by atoms with Crippen LogP contribution in [0.4, 0.5) is 0 Å². The Morgan fingerprint density at radius 3 is 2.75 bits per heavy atom. The molecule has 0 spiro atoms. The summed E-state index contributed by atoms with van der Waals surface area (Å²) >= 11 is 0. The van der Waals surface area contributed by atoms with Gasteiger partial charge in [0.15, 0.2) is 0 Å². The summed E-state index contributed by atoms with van der Waals surface area (Å²) < 4.78 is 5.35. The number of rotatable bonds is 6. The molecule has 3 nitrogen and oxygen atoms in total. The topological polar surface area (TPSA) is 41.5 Å². The van der Waals surface area contributed by atoms with Crippen molar-refractivity contribution in [2.45, 2.75) is 26.3 Å². The molecule has 90 valence electrons. The third-order valence-electron chi connectivity index (χ3n) is 2.63. The molecular weight excluding hydrogens is 202 g/mol. The number of hydrogen-bond donors (Lipinski definition) is 2. The smallest absolute Gasteiger partial charge is 0.123 e. The van der Waals surface area contributed by atoms with Gasteiger partial charge in [-0.25, -0.2) is 0 Å². The Labute approximate surface area is 97.4 Å². The van der Waals surface area contributed by atoms with Crippen LogP contribution in [0.25, 0.3) is 0 Å². The van der Waals surface area contributed by atoms with Gasteiger partial charge < -0.3 is 15.2 Å². The quantitative estimate of drug-likeness (QED) is 0.775. The van der Waals surface area contributed by atoms with Gasteiger partial charge in [-0.15, -0.1) is 0 Å². The van der Waals surface area contributed by atoms with Gasteiger partial charge in [0.1, 0.15) is 5.75 Å². The molecule has 16 heavy (non-hydrogen) atoms. The third kappa shape index (κ3) is 3.22. The summed E-state index contributed by atoms with van der Waals surface area (Å²) in [7, 11) is 1.68. The second kappa shape index (κ2) is 6.51. The number of aryl methyl sites for hydroxylation is 1. The van der Waals surface area contributed by atoms with Crippen LogP contribution in [0.2, 0.25) is 0 Å². The summed E-state index contributed by atoms with van der Waals surface area (Å²) in [5.41, 5.74) is 2.33. The SMILES string of the molecule is CCNC(CCO)c1cc(C)ccc1OC. The molecule has 0 aliphatic rings. The molecule has 1 aromatic carbocycles. The normalized spacial score (nSPS) is 12.5. The Hall–Kier alpha value is -1.06. The Morgan fingerprint density at radius 2 is 2.19 bits per heavy atom. The predicted molar refractivity (Wildman–Crippen MR) is 65.9 cm³/mol. The maximum Gasteiger partial charge on any atom is 0.123 e. The largest absolute Gasteiger partial charge is 0.496 e. The predicted octanol–water partition coefficient (Wildman–Crippen LogP) is 2.04. The van der Waals surface area contributed by atoms with Gasteiger partial charge in [-0.05, 0) is 26.0 Å². The second-order valence-corrected chi connectivity index (χ2v) is 3.87. The van der Waals surface area contributed by atoms with E-state index in [9.17, 15) is 0 Å². The monoisotopic (exact) mass is 223 g/mol. The summed E-state index contributed by atoms with van der Waals surface area (Å²) in [6.45, 7) is 5.17. The highest BCUT2D eigenvalue weighted by Crippen LogP contribution is 2.28. The molecule has 1 atom stereocenters. The fourth-order valence-electron chi connectivity index (χ4n) is 1.87. The maximum absolute atomic E-state index is 9.08. The number of benzene rings is 1. The molecule has 3 heteroatoms. The summed E-state index contributed by atoms with van der Waals surface area (Å²) in [6, 6.07) is 6.28. The van der Waals surface area contributed by atoms with Crippen molar-refractivity contribution in [2.75, 3.05) is 20.3 Å². The molecule has 0 fully saturated rings. The van der Waals surface area contributed by atoms with Gasteiger partial charge in [-0.2, -0.15) is 0 Å². The molecule has 0 bridgehead atoms. The Balaban J connectivity index is 3.00. The first-order chi connectivity index (χ1) is 7.72. The number of ether oxygens (including phenoxy) is 1. The van der Waals surface area contributed by atoms with Crippen LogP contribution in [0, 0.1) is 6.92 Å². The highest BCUT2D eigenvalue weighted by atomic mass is 16.5. The van der Waals surface area contributed by atoms with Crippen molar-refractivity contribution in [1.82, 2.24) is 5.32 Å². The first-order valence-electron chi connectivity index (χ1n) is 5.71. The van der Waals surface area contributed by atoms with E-state index >= 15 is 0 Å². The Morgan fingerprint density at radius 1 is 1.44 bits per heavy atom. The Bertz CT molecular complexity index is 320. The standard InChI is InChI=1S/C13H21NO2/c1-4-14-12(7-8-15)11-9-10(2)5-6-13(11)16-3/h5-6,9,12,14-15H,4,7-8H2,1-3H3. The molecule has 1 aromatic rings. The molecule has 0 aliphatic heterocycles. The lowest BCUT2D eigenvalue weighted by Gasteiger charge is -2.20. The van der Waals surface area contributed by atoms with Crippen molar-refractivity contribution >= 4 is 0 Å². The van der Waals surface area contributed by atoms with Gasteiger partial charge >= 0.3 is 0 Å². The molecule has 0 heterocycles. The van der Waals surface area contributed by atoms with Crippen molar-refractivity contribution in [3.05, 3.63) is 29.3 Å². The summed E-state index contributed by atoms with van der Waals surface area (Å²) in [5, 5.41) is 12.4. The van der Waals surface area contributed by atoms with Gasteiger partial charge in [0, 0.05) is 18.2 Å². The van der Waals surface area contributed by atoms with Crippen molar-refractivity contribution in [2.24, 2.45) is 0 Å². The molecular formula is C13H21NO2. The molecule has 1 rings (SSSR count). The van der Waals surface area contributed by atoms with E-state index in [1.165, 1.54) is 5.56 Å². The molecule has 1 unspecified atom stereocenters. The van der Waals surface area contributed by atoms with Crippen LogP contribution in [-0.2, 0) is 0 Å². The lowest BCUT2D eigenvalue weighted by molar-refractivity contribution is 0.264. The fourth-order valence-corrected chi connectivity index (χ4v) is 1.87. The van der Waals surface area contributed by atoms with Crippen LogP contribution in [-0.4, -0.2) is 25.4 Å². The minimum Gasteiger partial charge on any atom is -0.496 e. The average molecular weight is 223 g/mol. The first kappa shape index (κ1) is 13.0. The molecule has 0 amide bonds. The molecule has 0 saturated heterocycles. The zero-order valence-corrected chi connectivity index (χ0v) is 10.3. The maximum atomic E-state index is 9.08. The van der Waals surface area contributed by atoms with E-state index in [0.29, 0.717) is 6.42 Å². The van der Waals surface area contributed by atoms with Gasteiger partial charge in [0.05, 0.1) is 7.11 Å². The van der Waals surface area contributed by atoms with Crippen LogP contribution in [0.5, 0.6) is 5.75 Å². The third-order valence-corrected chi connectivity index (χ3v) is 2.63. The van der Waals surface area contributed by atoms with E-state index in [4.69, 9.17) is 9.84 Å². The molecule has 0 aromatic heterocycles. The van der Waals surface area contributed by atoms with Crippen molar-refractivity contribution < 1.29 is 9.84 Å². The van der Waals surface area contributed by atoms with Gasteiger partial charge in [-0.3, -0.25) is 0 Å². The molecule has 0 saturated carbocycles. The van der Waals surface area contributed by atoms with E-state index in [2.05, 4.69) is 25.2 Å². The summed E-state index contributed by atoms with van der Waals surface area (Å²) in [5.74, 6) is 0.880. The minimum absolute atomic E-state index is 0.157. The molecule has 0 radical (unpaired) electrons. The lowest BCUT2D eigenvalue weighted by atomic mass is 10.0. The average Bonchev–Trinajstić information content (AvgIpc) is 2.29. The number of aliphatic hydroxyl groups is 1. The molecule has 0 aliphatic carbocycles. The first-order valence-corrected chi connectivity index (χ1v) is 5.71. The van der Waals surface area contributed by atoms with Crippen LogP contribution in [0.3, 0.4) is 0 Å². The van der Waals surface area contributed by atoms with Gasteiger partial charge in [0.2, 0.25) is 0 Å². The van der Waals surface area contributed by atoms with Gasteiger partial charge in [-0.1, -0.05) is 24.6 Å².